The van der Waals surface area contributed by atoms with Crippen LogP contribution in [0.25, 0.3) is 0 Å². The van der Waals surface area contributed by atoms with Crippen LogP contribution in [0.5, 0.6) is 0 Å². The number of carbonyl (C=O) groups is 1. The second kappa shape index (κ2) is 7.83. The molecule has 4 atom stereocenters. The lowest BCUT2D eigenvalue weighted by molar-refractivity contribution is -0.0326. The zero-order valence-corrected chi connectivity index (χ0v) is 19.9. The zero-order valence-electron chi connectivity index (χ0n) is 19.1. The van der Waals surface area contributed by atoms with Gasteiger partial charge in [0.2, 0.25) is 0 Å². The molecule has 4 rings (SSSR count). The predicted octanol–water partition coefficient (Wildman–Crippen LogP) is 3.21. The Labute approximate surface area is 185 Å². The fourth-order valence-electron chi connectivity index (χ4n) is 5.59. The van der Waals surface area contributed by atoms with Crippen LogP contribution in [-0.2, 0) is 35.6 Å². The molecule has 5 N–H and O–H groups in total. The molecule has 0 spiro atoms. The van der Waals surface area contributed by atoms with E-state index in [9.17, 15) is 14.1 Å². The van der Waals surface area contributed by atoms with Crippen molar-refractivity contribution in [1.82, 2.24) is 5.32 Å². The van der Waals surface area contributed by atoms with E-state index in [4.69, 9.17) is 5.14 Å². The summed E-state index contributed by atoms with van der Waals surface area (Å²) in [7, 11) is -3.26. The molecule has 0 saturated carbocycles. The molecule has 31 heavy (non-hydrogen) atoms. The molecule has 0 aromatic heterocycles. The fraction of sp³-hybridized carbons (Fsp3) is 0.696. The van der Waals surface area contributed by atoms with Crippen LogP contribution in [0.15, 0.2) is 10.4 Å². The average Bonchev–Trinajstić information content (AvgIpc) is 3.28. The van der Waals surface area contributed by atoms with Gasteiger partial charge in [0.15, 0.2) is 0 Å². The van der Waals surface area contributed by atoms with E-state index in [2.05, 4.69) is 21.1 Å². The number of aliphatic hydroxyl groups is 1. The number of nitrogens with zero attached hydrogens (tertiary/aromatic N) is 1. The van der Waals surface area contributed by atoms with Crippen LogP contribution >= 0.6 is 0 Å². The molecule has 2 aliphatic carbocycles. The number of benzene rings is 1. The van der Waals surface area contributed by atoms with Crippen molar-refractivity contribution in [3.8, 4) is 0 Å². The molecule has 1 aliphatic heterocycles. The minimum atomic E-state index is -3.26. The quantitative estimate of drug-likeness (QED) is 0.568. The van der Waals surface area contributed by atoms with Crippen molar-refractivity contribution in [2.45, 2.75) is 101 Å². The highest BCUT2D eigenvalue weighted by atomic mass is 32.2. The van der Waals surface area contributed by atoms with Crippen LogP contribution < -0.4 is 15.8 Å². The molecule has 7 nitrogen and oxygen atoms in total. The summed E-state index contributed by atoms with van der Waals surface area (Å²) < 4.78 is 17.3. The van der Waals surface area contributed by atoms with Crippen molar-refractivity contribution in [2.75, 3.05) is 5.32 Å². The third-order valence-corrected chi connectivity index (χ3v) is 9.71. The smallest absolute Gasteiger partial charge is 0.354 e. The average molecular weight is 449 g/mol. The molecule has 1 aromatic carbocycles. The number of urea groups is 1. The van der Waals surface area contributed by atoms with Gasteiger partial charge in [-0.05, 0) is 101 Å². The van der Waals surface area contributed by atoms with Gasteiger partial charge in [-0.1, -0.05) is 6.07 Å². The Hall–Kier alpha value is -1.48. The summed E-state index contributed by atoms with van der Waals surface area (Å²) in [6, 6.07) is 1.44. The number of carbonyl (C=O) groups excluding carboxylic acids is 1. The van der Waals surface area contributed by atoms with Gasteiger partial charge in [-0.15, -0.1) is 4.36 Å². The molecule has 8 heteroatoms. The van der Waals surface area contributed by atoms with Crippen molar-refractivity contribution in [3.63, 3.8) is 0 Å². The number of amides is 2. The number of nitrogens with two attached hydrogens (primary N) is 1. The van der Waals surface area contributed by atoms with Crippen LogP contribution in [0.4, 0.5) is 10.5 Å². The highest BCUT2D eigenvalue weighted by Gasteiger charge is 2.46. The maximum Gasteiger partial charge on any atom is 0.354 e. The summed E-state index contributed by atoms with van der Waals surface area (Å²) in [4.78, 5) is 12.9. The van der Waals surface area contributed by atoms with Crippen molar-refractivity contribution < 1.29 is 14.1 Å². The number of nitrogens with one attached hydrogen (secondary N) is 2. The second-order valence-electron chi connectivity index (χ2n) is 10.3. The summed E-state index contributed by atoms with van der Waals surface area (Å²) in [6.45, 7) is 7.38. The van der Waals surface area contributed by atoms with Crippen molar-refractivity contribution >= 4 is 21.6 Å². The largest absolute Gasteiger partial charge is 0.389 e. The molecule has 1 heterocycles. The lowest BCUT2D eigenvalue weighted by Crippen LogP contribution is -2.66. The second-order valence-corrected chi connectivity index (χ2v) is 12.3. The third-order valence-electron chi connectivity index (χ3n) is 7.75. The number of anilines is 1. The van der Waals surface area contributed by atoms with Gasteiger partial charge in [0.25, 0.3) is 0 Å². The minimum absolute atomic E-state index is 0.246. The van der Waals surface area contributed by atoms with Crippen LogP contribution in [0.1, 0.15) is 75.6 Å². The van der Waals surface area contributed by atoms with E-state index in [1.807, 2.05) is 13.8 Å². The fourth-order valence-corrected chi connectivity index (χ4v) is 7.14. The van der Waals surface area contributed by atoms with E-state index in [1.165, 1.54) is 22.3 Å². The van der Waals surface area contributed by atoms with E-state index in [1.54, 1.807) is 13.8 Å². The molecule has 172 valence electrons. The van der Waals surface area contributed by atoms with E-state index < -0.39 is 32.3 Å². The summed E-state index contributed by atoms with van der Waals surface area (Å²) in [6.07, 6.45) is 7.30. The number of hydrogen-bond donors (Lipinski definition) is 4. The first-order valence-electron chi connectivity index (χ1n) is 11.4. The van der Waals surface area contributed by atoms with E-state index in [-0.39, 0.29) is 6.04 Å². The lowest BCUT2D eigenvalue weighted by Gasteiger charge is -2.49. The van der Waals surface area contributed by atoms with Crippen molar-refractivity contribution in [2.24, 2.45) is 9.50 Å². The molecule has 0 bridgehead atoms. The molecule has 0 radical (unpaired) electrons. The van der Waals surface area contributed by atoms with E-state index >= 15 is 0 Å². The number of aryl methyl sites for hydroxylation is 2. The summed E-state index contributed by atoms with van der Waals surface area (Å²) in [5.41, 5.74) is 4.48. The van der Waals surface area contributed by atoms with Gasteiger partial charge in [0, 0.05) is 17.3 Å². The maximum absolute atomic E-state index is 13.3. The molecule has 3 aliphatic rings. The van der Waals surface area contributed by atoms with Crippen molar-refractivity contribution in [1.29, 1.82) is 0 Å². The topological polar surface area (TPSA) is 117 Å². The third kappa shape index (κ3) is 4.15. The first kappa shape index (κ1) is 22.7. The standard InChI is InChI=1S/C23H36N4O3S/c1-14-19(11-12-23(4,26-14)22(2,3)29)31(24,30)27-21(28)25-20-17-9-5-7-15(17)13-16-8-6-10-18(16)20/h13-14,19,26,29H,5-12H2,1-4H3,(H3,24,25,27,28,30). The van der Waals surface area contributed by atoms with Gasteiger partial charge >= 0.3 is 6.03 Å². The summed E-state index contributed by atoms with van der Waals surface area (Å²) >= 11 is 0. The normalized spacial score (nSPS) is 29.7. The Bertz CT molecular complexity index is 990. The highest BCUT2D eigenvalue weighted by Crippen LogP contribution is 2.39. The van der Waals surface area contributed by atoms with E-state index in [0.29, 0.717) is 12.8 Å². The van der Waals surface area contributed by atoms with Crippen LogP contribution in [0, 0.1) is 0 Å². The maximum atomic E-state index is 13.3. The SMILES string of the molecule is CC1NC(C)(C(C)(C)O)CCC1S(N)(=O)=NC(=O)Nc1c2c(cc3c1CCC3)CCC2. The Morgan fingerprint density at radius 3 is 2.35 bits per heavy atom. The van der Waals surface area contributed by atoms with Gasteiger partial charge in [-0.3, -0.25) is 0 Å². The van der Waals surface area contributed by atoms with Crippen LogP contribution in [0.3, 0.4) is 0 Å². The number of rotatable bonds is 3. The van der Waals surface area contributed by atoms with Gasteiger partial charge in [-0.25, -0.2) is 14.1 Å². The minimum Gasteiger partial charge on any atom is -0.389 e. The number of hydrogen-bond acceptors (Lipinski definition) is 4. The Morgan fingerprint density at radius 2 is 1.84 bits per heavy atom. The Balaban J connectivity index is 1.56. The molecular formula is C23H36N4O3S. The molecular weight excluding hydrogens is 412 g/mol. The zero-order chi connectivity index (χ0) is 22.6. The molecule has 1 aromatic rings. The molecule has 4 unspecified atom stereocenters. The summed E-state index contributed by atoms with van der Waals surface area (Å²) in [5.74, 6) is 0. The number of fused-ring (bicyclic) bond motifs is 2. The van der Waals surface area contributed by atoms with E-state index in [0.717, 1.165) is 44.2 Å². The molecule has 1 fully saturated rings. The molecule has 2 amide bonds. The monoisotopic (exact) mass is 448 g/mol. The van der Waals surface area contributed by atoms with Crippen LogP contribution in [0.2, 0.25) is 0 Å². The van der Waals surface area contributed by atoms with Gasteiger partial charge < -0.3 is 15.7 Å². The highest BCUT2D eigenvalue weighted by molar-refractivity contribution is 7.92. The van der Waals surface area contributed by atoms with Gasteiger partial charge in [-0.2, -0.15) is 0 Å². The van der Waals surface area contributed by atoms with Crippen LogP contribution in [-0.4, -0.2) is 37.8 Å². The predicted molar refractivity (Wildman–Crippen MR) is 125 cm³/mol. The van der Waals surface area contributed by atoms with Crippen molar-refractivity contribution in [3.05, 3.63) is 28.3 Å². The van der Waals surface area contributed by atoms with Gasteiger partial charge in [0.05, 0.1) is 10.9 Å². The number of piperidine rings is 1. The molecule has 1 saturated heterocycles. The first-order valence-corrected chi connectivity index (χ1v) is 13.1. The Morgan fingerprint density at radius 1 is 1.26 bits per heavy atom. The van der Waals surface area contributed by atoms with Gasteiger partial charge in [0.1, 0.15) is 9.92 Å². The Kier molecular flexibility index (Phi) is 5.74. The summed E-state index contributed by atoms with van der Waals surface area (Å²) in [5, 5.41) is 22.6. The lowest BCUT2D eigenvalue weighted by atomic mass is 9.76. The first-order chi connectivity index (χ1) is 14.4.